The number of hydrogen-bond acceptors (Lipinski definition) is 2. The van der Waals surface area contributed by atoms with Gasteiger partial charge in [0.05, 0.1) is 5.75 Å². The average Bonchev–Trinajstić information content (AvgIpc) is 2.06. The minimum absolute atomic E-state index is 0.183. The van der Waals surface area contributed by atoms with E-state index in [1.807, 2.05) is 42.5 Å². The van der Waals surface area contributed by atoms with E-state index in [9.17, 15) is 8.42 Å². The van der Waals surface area contributed by atoms with Crippen LogP contribution in [0.3, 0.4) is 0 Å². The van der Waals surface area contributed by atoms with Gasteiger partial charge in [-0.2, -0.15) is 8.42 Å². The van der Waals surface area contributed by atoms with Crippen molar-refractivity contribution in [3.05, 3.63) is 48.1 Å². The molecule has 1 aliphatic carbocycles. The van der Waals surface area contributed by atoms with E-state index in [2.05, 4.69) is 0 Å². The highest BCUT2D eigenvalue weighted by Gasteiger charge is 2.03. The van der Waals surface area contributed by atoms with Crippen LogP contribution in [-0.4, -0.2) is 18.7 Å². The average molecular weight is 226 g/mol. The summed E-state index contributed by atoms with van der Waals surface area (Å²) in [4.78, 5) is 0. The first kappa shape index (κ1) is 11.9. The molecule has 15 heavy (non-hydrogen) atoms. The van der Waals surface area contributed by atoms with Crippen LogP contribution in [0.1, 0.15) is 12.8 Å². The molecule has 0 aliphatic heterocycles. The Balaban J connectivity index is 2.45. The molecule has 1 aliphatic rings. The molecule has 0 aromatic heterocycles. The topological polar surface area (TPSA) is 54.4 Å². The Hall–Kier alpha value is -1.13. The van der Waals surface area contributed by atoms with Crippen LogP contribution in [0.5, 0.6) is 0 Å². The standard InChI is InChI=1S/C11H14O3S/c12-15(13,14)10-6-9-11-7-4-2-1-3-5-8-11/h1-5,7-8H,6,9-10H2,(H,12,13,14)/b2-1-,3-1?,4-2?,5-3-,7-4-,8-5?,11-7?,11-8+. The fraction of sp³-hybridized carbons (Fsp3) is 0.273. The summed E-state index contributed by atoms with van der Waals surface area (Å²) in [7, 11) is -3.82. The number of allylic oxidation sites excluding steroid dienone is 8. The molecule has 4 heteroatoms. The summed E-state index contributed by atoms with van der Waals surface area (Å²) < 4.78 is 29.5. The number of hydrogen-bond donors (Lipinski definition) is 1. The van der Waals surface area contributed by atoms with Gasteiger partial charge >= 0.3 is 0 Å². The van der Waals surface area contributed by atoms with Crippen molar-refractivity contribution in [1.82, 2.24) is 0 Å². The van der Waals surface area contributed by atoms with E-state index in [-0.39, 0.29) is 5.75 Å². The van der Waals surface area contributed by atoms with Crippen molar-refractivity contribution in [2.24, 2.45) is 0 Å². The van der Waals surface area contributed by atoms with Gasteiger partial charge in [-0.25, -0.2) is 0 Å². The van der Waals surface area contributed by atoms with Gasteiger partial charge in [0.2, 0.25) is 0 Å². The van der Waals surface area contributed by atoms with Gasteiger partial charge in [-0.1, -0.05) is 42.5 Å². The predicted octanol–water partition coefficient (Wildman–Crippen LogP) is 2.26. The van der Waals surface area contributed by atoms with Crippen LogP contribution in [0.2, 0.25) is 0 Å². The quantitative estimate of drug-likeness (QED) is 0.748. The molecule has 0 heterocycles. The van der Waals surface area contributed by atoms with Gasteiger partial charge in [-0.15, -0.1) is 0 Å². The van der Waals surface area contributed by atoms with Crippen molar-refractivity contribution >= 4 is 10.1 Å². The lowest BCUT2D eigenvalue weighted by Crippen LogP contribution is -2.03. The van der Waals surface area contributed by atoms with Gasteiger partial charge in [0.1, 0.15) is 0 Å². The molecule has 0 saturated heterocycles. The van der Waals surface area contributed by atoms with Crippen LogP contribution in [0.25, 0.3) is 0 Å². The largest absolute Gasteiger partial charge is 0.286 e. The van der Waals surface area contributed by atoms with Crippen molar-refractivity contribution < 1.29 is 13.0 Å². The SMILES string of the molecule is O=S(=O)(O)CCCC1=C/C=C\C=C/C=C\1. The first-order valence-corrected chi connectivity index (χ1v) is 6.34. The molecule has 0 unspecified atom stereocenters. The minimum atomic E-state index is -3.82. The Morgan fingerprint density at radius 2 is 1.73 bits per heavy atom. The van der Waals surface area contributed by atoms with Crippen LogP contribution in [-0.2, 0) is 10.1 Å². The molecule has 82 valence electrons. The van der Waals surface area contributed by atoms with Crippen molar-refractivity contribution in [3.63, 3.8) is 0 Å². The maximum atomic E-state index is 10.5. The summed E-state index contributed by atoms with van der Waals surface area (Å²) >= 11 is 0. The fourth-order valence-corrected chi connectivity index (χ4v) is 1.74. The van der Waals surface area contributed by atoms with E-state index < -0.39 is 10.1 Å². The molecule has 0 amide bonds. The fourth-order valence-electron chi connectivity index (χ4n) is 1.23. The predicted molar refractivity (Wildman–Crippen MR) is 61.2 cm³/mol. The molecule has 0 fully saturated rings. The van der Waals surface area contributed by atoms with Gasteiger partial charge in [-0.3, -0.25) is 4.55 Å². The molecule has 0 spiro atoms. The van der Waals surface area contributed by atoms with Gasteiger partial charge in [0.15, 0.2) is 0 Å². The highest BCUT2D eigenvalue weighted by molar-refractivity contribution is 7.85. The van der Waals surface area contributed by atoms with E-state index >= 15 is 0 Å². The molecular weight excluding hydrogens is 212 g/mol. The molecule has 0 radical (unpaired) electrons. The summed E-state index contributed by atoms with van der Waals surface area (Å²) in [5, 5.41) is 0. The summed E-state index contributed by atoms with van der Waals surface area (Å²) in [6, 6.07) is 0. The summed E-state index contributed by atoms with van der Waals surface area (Å²) in [5.41, 5.74) is 1.05. The third kappa shape index (κ3) is 6.04. The maximum Gasteiger partial charge on any atom is 0.264 e. The third-order valence-corrected chi connectivity index (χ3v) is 2.74. The monoisotopic (exact) mass is 226 g/mol. The van der Waals surface area contributed by atoms with Gasteiger partial charge in [-0.05, 0) is 18.4 Å². The molecule has 3 nitrogen and oxygen atoms in total. The highest BCUT2D eigenvalue weighted by atomic mass is 32.2. The normalized spacial score (nSPS) is 25.8. The van der Waals surface area contributed by atoms with Gasteiger partial charge < -0.3 is 0 Å². The Kier molecular flexibility index (Phi) is 4.52. The smallest absolute Gasteiger partial charge is 0.264 e. The molecular formula is C11H14O3S. The Labute approximate surface area is 90.3 Å². The first-order valence-electron chi connectivity index (χ1n) is 4.74. The summed E-state index contributed by atoms with van der Waals surface area (Å²) in [6.45, 7) is 0. The molecule has 0 bridgehead atoms. The van der Waals surface area contributed by atoms with Crippen LogP contribution < -0.4 is 0 Å². The highest BCUT2D eigenvalue weighted by Crippen LogP contribution is 2.09. The van der Waals surface area contributed by atoms with E-state index in [0.29, 0.717) is 12.8 Å². The Morgan fingerprint density at radius 1 is 1.07 bits per heavy atom. The maximum absolute atomic E-state index is 10.5. The zero-order chi connectivity index (χ0) is 11.1. The second-order valence-corrected chi connectivity index (χ2v) is 4.83. The van der Waals surface area contributed by atoms with Crippen LogP contribution in [0.15, 0.2) is 48.1 Å². The van der Waals surface area contributed by atoms with Crippen molar-refractivity contribution in [2.75, 3.05) is 5.75 Å². The Bertz CT molecular complexity index is 411. The lowest BCUT2D eigenvalue weighted by molar-refractivity contribution is 0.481. The van der Waals surface area contributed by atoms with Gasteiger partial charge in [0, 0.05) is 0 Å². The first-order chi connectivity index (χ1) is 7.08. The van der Waals surface area contributed by atoms with Gasteiger partial charge in [0.25, 0.3) is 10.1 Å². The van der Waals surface area contributed by atoms with Crippen LogP contribution in [0, 0.1) is 0 Å². The van der Waals surface area contributed by atoms with Crippen molar-refractivity contribution in [2.45, 2.75) is 12.8 Å². The van der Waals surface area contributed by atoms with E-state index in [1.165, 1.54) is 0 Å². The second kappa shape index (κ2) is 5.68. The van der Waals surface area contributed by atoms with Crippen molar-refractivity contribution in [1.29, 1.82) is 0 Å². The third-order valence-electron chi connectivity index (χ3n) is 1.93. The minimum Gasteiger partial charge on any atom is -0.286 e. The molecule has 1 N–H and O–H groups in total. The van der Waals surface area contributed by atoms with Crippen molar-refractivity contribution in [3.8, 4) is 0 Å². The molecule has 0 atom stereocenters. The molecule has 0 saturated carbocycles. The lowest BCUT2D eigenvalue weighted by atomic mass is 10.1. The Morgan fingerprint density at radius 3 is 2.47 bits per heavy atom. The van der Waals surface area contributed by atoms with E-state index in [0.717, 1.165) is 5.57 Å². The van der Waals surface area contributed by atoms with E-state index in [4.69, 9.17) is 4.55 Å². The summed E-state index contributed by atoms with van der Waals surface area (Å²) in [5.74, 6) is -0.183. The molecule has 1 rings (SSSR count). The molecule has 0 aromatic rings. The molecule has 0 aromatic carbocycles. The zero-order valence-electron chi connectivity index (χ0n) is 8.33. The van der Waals surface area contributed by atoms with Crippen LogP contribution in [0.4, 0.5) is 0 Å². The summed E-state index contributed by atoms with van der Waals surface area (Å²) in [6.07, 6.45) is 14.5. The zero-order valence-corrected chi connectivity index (χ0v) is 9.15. The van der Waals surface area contributed by atoms with E-state index in [1.54, 1.807) is 0 Å². The lowest BCUT2D eigenvalue weighted by Gasteiger charge is -2.00. The number of rotatable bonds is 4. The second-order valence-electron chi connectivity index (χ2n) is 3.26. The van der Waals surface area contributed by atoms with Crippen LogP contribution >= 0.6 is 0 Å².